The molecule has 0 radical (unpaired) electrons. The van der Waals surface area contributed by atoms with Crippen LogP contribution in [0.3, 0.4) is 0 Å². The molecule has 124 valence electrons. The number of benzene rings is 1. The smallest absolute Gasteiger partial charge is 0.307 e. The highest BCUT2D eigenvalue weighted by molar-refractivity contribution is 7.99. The largest absolute Gasteiger partial charge is 0.481 e. The summed E-state index contributed by atoms with van der Waals surface area (Å²) in [5.74, 6) is -0.477. The molecule has 0 aliphatic carbocycles. The van der Waals surface area contributed by atoms with E-state index < -0.39 is 5.97 Å². The van der Waals surface area contributed by atoms with Crippen molar-refractivity contribution in [3.8, 4) is 0 Å². The maximum absolute atomic E-state index is 12.3. The van der Waals surface area contributed by atoms with Crippen LogP contribution in [-0.4, -0.2) is 47.3 Å². The molecule has 1 aromatic carbocycles. The highest BCUT2D eigenvalue weighted by Crippen LogP contribution is 2.27. The standard InChI is InChI=1S/C17H22N2O3S/c1-2-10-23-15-8-4-3-7-14(15)18-16(20)12-19-9-5-6-13(11-19)17(21)22/h2-4,7-8,13H,1,5-6,9-12H2,(H,18,20)(H,21,22). The maximum Gasteiger partial charge on any atom is 0.307 e. The first-order chi connectivity index (χ1) is 11.1. The van der Waals surface area contributed by atoms with Crippen LogP contribution in [0.25, 0.3) is 0 Å². The molecule has 0 spiro atoms. The van der Waals surface area contributed by atoms with Crippen LogP contribution in [0.1, 0.15) is 12.8 Å². The molecule has 1 aliphatic rings. The normalized spacial score (nSPS) is 18.3. The van der Waals surface area contributed by atoms with Crippen molar-refractivity contribution in [3.63, 3.8) is 0 Å². The monoisotopic (exact) mass is 334 g/mol. The Labute approximate surface area is 140 Å². The van der Waals surface area contributed by atoms with Gasteiger partial charge in [0.1, 0.15) is 0 Å². The SMILES string of the molecule is C=CCSc1ccccc1NC(=O)CN1CCCC(C(=O)O)C1. The molecular formula is C17H22N2O3S. The highest BCUT2D eigenvalue weighted by atomic mass is 32.2. The molecule has 1 heterocycles. The first kappa shape index (κ1) is 17.6. The van der Waals surface area contributed by atoms with Crippen molar-refractivity contribution in [1.82, 2.24) is 4.90 Å². The minimum Gasteiger partial charge on any atom is -0.481 e. The maximum atomic E-state index is 12.3. The van der Waals surface area contributed by atoms with Gasteiger partial charge in [-0.25, -0.2) is 0 Å². The lowest BCUT2D eigenvalue weighted by atomic mass is 9.98. The minimum atomic E-state index is -0.777. The molecule has 0 aromatic heterocycles. The molecule has 0 saturated carbocycles. The molecule has 1 amide bonds. The molecule has 1 unspecified atom stereocenters. The third-order valence-corrected chi connectivity index (χ3v) is 4.81. The fourth-order valence-corrected chi connectivity index (χ4v) is 3.38. The Kier molecular flexibility index (Phi) is 6.67. The van der Waals surface area contributed by atoms with Crippen molar-refractivity contribution in [2.45, 2.75) is 17.7 Å². The van der Waals surface area contributed by atoms with Crippen LogP contribution in [0.15, 0.2) is 41.8 Å². The van der Waals surface area contributed by atoms with Gasteiger partial charge in [-0.05, 0) is 31.5 Å². The predicted molar refractivity (Wildman–Crippen MR) is 92.8 cm³/mol. The van der Waals surface area contributed by atoms with E-state index in [2.05, 4.69) is 11.9 Å². The summed E-state index contributed by atoms with van der Waals surface area (Å²) in [6.07, 6.45) is 3.33. The van der Waals surface area contributed by atoms with E-state index in [0.717, 1.165) is 29.3 Å². The molecule has 1 aromatic rings. The summed E-state index contributed by atoms with van der Waals surface area (Å²) in [6.45, 7) is 5.14. The Hall–Kier alpha value is -1.79. The van der Waals surface area contributed by atoms with E-state index in [1.807, 2.05) is 35.2 Å². The van der Waals surface area contributed by atoms with Gasteiger partial charge in [-0.15, -0.1) is 18.3 Å². The number of hydrogen-bond acceptors (Lipinski definition) is 4. The molecule has 1 atom stereocenters. The van der Waals surface area contributed by atoms with E-state index in [9.17, 15) is 9.59 Å². The quantitative estimate of drug-likeness (QED) is 0.593. The predicted octanol–water partition coefficient (Wildman–Crippen LogP) is 2.70. The second-order valence-electron chi connectivity index (χ2n) is 5.56. The average molecular weight is 334 g/mol. The summed E-state index contributed by atoms with van der Waals surface area (Å²) in [5.41, 5.74) is 0.788. The van der Waals surface area contributed by atoms with E-state index >= 15 is 0 Å². The van der Waals surface area contributed by atoms with Crippen LogP contribution in [0.4, 0.5) is 5.69 Å². The summed E-state index contributed by atoms with van der Waals surface area (Å²) in [4.78, 5) is 26.3. The number of likely N-dealkylation sites (tertiary alicyclic amines) is 1. The topological polar surface area (TPSA) is 69.6 Å². The van der Waals surface area contributed by atoms with Crippen molar-refractivity contribution >= 4 is 29.3 Å². The van der Waals surface area contributed by atoms with Crippen molar-refractivity contribution in [3.05, 3.63) is 36.9 Å². The Morgan fingerprint density at radius 2 is 2.22 bits per heavy atom. The Morgan fingerprint density at radius 1 is 1.43 bits per heavy atom. The number of para-hydroxylation sites is 1. The van der Waals surface area contributed by atoms with Gasteiger partial charge < -0.3 is 10.4 Å². The third-order valence-electron chi connectivity index (χ3n) is 3.74. The number of aliphatic carboxylic acids is 1. The van der Waals surface area contributed by atoms with Gasteiger partial charge in [0.15, 0.2) is 0 Å². The van der Waals surface area contributed by atoms with E-state index in [0.29, 0.717) is 13.0 Å². The van der Waals surface area contributed by atoms with Gasteiger partial charge in [-0.2, -0.15) is 0 Å². The zero-order valence-corrected chi connectivity index (χ0v) is 13.8. The zero-order chi connectivity index (χ0) is 16.7. The van der Waals surface area contributed by atoms with Gasteiger partial charge in [0, 0.05) is 17.2 Å². The lowest BCUT2D eigenvalue weighted by Crippen LogP contribution is -2.42. The van der Waals surface area contributed by atoms with Crippen molar-refractivity contribution in [2.24, 2.45) is 5.92 Å². The van der Waals surface area contributed by atoms with E-state index in [-0.39, 0.29) is 18.4 Å². The Bertz CT molecular complexity index is 577. The molecular weight excluding hydrogens is 312 g/mol. The average Bonchev–Trinajstić information content (AvgIpc) is 2.54. The molecule has 6 heteroatoms. The van der Waals surface area contributed by atoms with Gasteiger partial charge in [0.05, 0.1) is 18.2 Å². The fourth-order valence-electron chi connectivity index (χ4n) is 2.64. The van der Waals surface area contributed by atoms with Crippen LogP contribution in [0.2, 0.25) is 0 Å². The first-order valence-corrected chi connectivity index (χ1v) is 8.66. The zero-order valence-electron chi connectivity index (χ0n) is 13.0. The number of nitrogens with one attached hydrogen (secondary N) is 1. The number of piperidine rings is 1. The highest BCUT2D eigenvalue weighted by Gasteiger charge is 2.26. The second kappa shape index (κ2) is 8.74. The van der Waals surface area contributed by atoms with Gasteiger partial charge in [0.2, 0.25) is 5.91 Å². The molecule has 1 fully saturated rings. The van der Waals surface area contributed by atoms with Crippen LogP contribution >= 0.6 is 11.8 Å². The molecule has 2 rings (SSSR count). The van der Waals surface area contributed by atoms with Crippen molar-refractivity contribution in [1.29, 1.82) is 0 Å². The van der Waals surface area contributed by atoms with Gasteiger partial charge in [0.25, 0.3) is 0 Å². The Balaban J connectivity index is 1.92. The minimum absolute atomic E-state index is 0.109. The lowest BCUT2D eigenvalue weighted by Gasteiger charge is -2.30. The van der Waals surface area contributed by atoms with Crippen LogP contribution < -0.4 is 5.32 Å². The van der Waals surface area contributed by atoms with Crippen LogP contribution in [-0.2, 0) is 9.59 Å². The third kappa shape index (κ3) is 5.41. The summed E-state index contributed by atoms with van der Waals surface area (Å²) in [5, 5.41) is 12.0. The molecule has 2 N–H and O–H groups in total. The summed E-state index contributed by atoms with van der Waals surface area (Å²) < 4.78 is 0. The molecule has 1 aliphatic heterocycles. The van der Waals surface area contributed by atoms with Gasteiger partial charge in [-0.1, -0.05) is 18.2 Å². The molecule has 5 nitrogen and oxygen atoms in total. The van der Waals surface area contributed by atoms with Gasteiger partial charge >= 0.3 is 5.97 Å². The summed E-state index contributed by atoms with van der Waals surface area (Å²) in [6, 6.07) is 7.66. The number of hydrogen-bond donors (Lipinski definition) is 2. The van der Waals surface area contributed by atoms with Crippen LogP contribution in [0.5, 0.6) is 0 Å². The lowest BCUT2D eigenvalue weighted by molar-refractivity contribution is -0.144. The number of nitrogens with zero attached hydrogens (tertiary/aromatic N) is 1. The number of anilines is 1. The number of carbonyl (C=O) groups excluding carboxylic acids is 1. The van der Waals surface area contributed by atoms with E-state index in [1.54, 1.807) is 11.8 Å². The van der Waals surface area contributed by atoms with E-state index in [1.165, 1.54) is 0 Å². The molecule has 23 heavy (non-hydrogen) atoms. The molecule has 0 bridgehead atoms. The number of carboxylic acid groups (broad SMARTS) is 1. The molecule has 1 saturated heterocycles. The fraction of sp³-hybridized carbons (Fsp3) is 0.412. The van der Waals surface area contributed by atoms with E-state index in [4.69, 9.17) is 5.11 Å². The van der Waals surface area contributed by atoms with Gasteiger partial charge in [-0.3, -0.25) is 14.5 Å². The van der Waals surface area contributed by atoms with Crippen molar-refractivity contribution in [2.75, 3.05) is 30.7 Å². The number of thioether (sulfide) groups is 1. The summed E-state index contributed by atoms with van der Waals surface area (Å²) >= 11 is 1.62. The summed E-state index contributed by atoms with van der Waals surface area (Å²) in [7, 11) is 0. The van der Waals surface area contributed by atoms with Crippen LogP contribution in [0, 0.1) is 5.92 Å². The number of rotatable bonds is 7. The second-order valence-corrected chi connectivity index (χ2v) is 6.62. The number of carbonyl (C=O) groups is 2. The number of carboxylic acids is 1. The van der Waals surface area contributed by atoms with Crippen molar-refractivity contribution < 1.29 is 14.7 Å². The Morgan fingerprint density at radius 3 is 2.96 bits per heavy atom. The number of amides is 1. The first-order valence-electron chi connectivity index (χ1n) is 7.68.